The van der Waals surface area contributed by atoms with Gasteiger partial charge in [0.05, 0.1) is 0 Å². The van der Waals surface area contributed by atoms with Crippen molar-refractivity contribution in [2.75, 3.05) is 14.1 Å². The van der Waals surface area contributed by atoms with Crippen molar-refractivity contribution in [1.82, 2.24) is 4.90 Å². The molecule has 0 bridgehead atoms. The van der Waals surface area contributed by atoms with Gasteiger partial charge in [0.1, 0.15) is 0 Å². The Kier molecular flexibility index (Phi) is 4.01. The molecular formula is C10H19NO. The maximum atomic E-state index is 11.2. The molecule has 0 heterocycles. The van der Waals surface area contributed by atoms with E-state index < -0.39 is 0 Å². The fraction of sp³-hybridized carbons (Fsp3) is 0.700. The van der Waals surface area contributed by atoms with Gasteiger partial charge in [0.25, 0.3) is 0 Å². The molecule has 70 valence electrons. The summed E-state index contributed by atoms with van der Waals surface area (Å²) >= 11 is 0. The van der Waals surface area contributed by atoms with Gasteiger partial charge in [-0.1, -0.05) is 20.8 Å². The summed E-state index contributed by atoms with van der Waals surface area (Å²) in [7, 11) is 3.81. The summed E-state index contributed by atoms with van der Waals surface area (Å²) in [6.45, 7) is 6.19. The summed E-state index contributed by atoms with van der Waals surface area (Å²) in [5.74, 6) is 0.191. The van der Waals surface area contributed by atoms with E-state index in [4.69, 9.17) is 0 Å². The molecule has 12 heavy (non-hydrogen) atoms. The third-order valence-corrected chi connectivity index (χ3v) is 1.26. The maximum absolute atomic E-state index is 11.2. The van der Waals surface area contributed by atoms with Crippen LogP contribution in [-0.4, -0.2) is 24.8 Å². The molecule has 0 rings (SSSR count). The standard InChI is InChI=1S/C10H19NO/c1-10(2,3)8-9(12)6-7-11(4)5/h6-7H,8H2,1-5H3/b7-6+. The number of carbonyl (C=O) groups is 1. The second kappa shape index (κ2) is 4.29. The molecule has 0 aliphatic carbocycles. The molecule has 0 N–H and O–H groups in total. The third kappa shape index (κ3) is 7.32. The van der Waals surface area contributed by atoms with E-state index in [-0.39, 0.29) is 11.2 Å². The Hall–Kier alpha value is -0.790. The Bertz CT molecular complexity index is 175. The summed E-state index contributed by atoms with van der Waals surface area (Å²) in [5.41, 5.74) is 0.0910. The predicted octanol–water partition coefficient (Wildman–Crippen LogP) is 2.07. The smallest absolute Gasteiger partial charge is 0.157 e. The van der Waals surface area contributed by atoms with E-state index in [9.17, 15) is 4.79 Å². The molecule has 0 aromatic carbocycles. The van der Waals surface area contributed by atoms with Gasteiger partial charge in [-0.2, -0.15) is 0 Å². The molecule has 0 amide bonds. The van der Waals surface area contributed by atoms with E-state index in [0.717, 1.165) is 0 Å². The van der Waals surface area contributed by atoms with E-state index in [1.807, 2.05) is 19.0 Å². The molecule has 0 aliphatic heterocycles. The van der Waals surface area contributed by atoms with Crippen molar-refractivity contribution in [1.29, 1.82) is 0 Å². The summed E-state index contributed by atoms with van der Waals surface area (Å²) in [6.07, 6.45) is 4.02. The van der Waals surface area contributed by atoms with Crippen LogP contribution in [-0.2, 0) is 4.79 Å². The lowest BCUT2D eigenvalue weighted by Crippen LogP contribution is -2.11. The lowest BCUT2D eigenvalue weighted by molar-refractivity contribution is -0.116. The van der Waals surface area contributed by atoms with Crippen LogP contribution in [0.2, 0.25) is 0 Å². The SMILES string of the molecule is CN(C)/C=C/C(=O)CC(C)(C)C. The van der Waals surface area contributed by atoms with Crippen LogP contribution >= 0.6 is 0 Å². The zero-order valence-electron chi connectivity index (χ0n) is 8.72. The van der Waals surface area contributed by atoms with Crippen molar-refractivity contribution in [2.45, 2.75) is 27.2 Å². The fourth-order valence-corrected chi connectivity index (χ4v) is 0.814. The summed E-state index contributed by atoms with van der Waals surface area (Å²) in [4.78, 5) is 13.1. The minimum Gasteiger partial charge on any atom is -0.383 e. The first kappa shape index (κ1) is 11.2. The number of allylic oxidation sites excluding steroid dienone is 1. The van der Waals surface area contributed by atoms with Crippen LogP contribution in [0.3, 0.4) is 0 Å². The highest BCUT2D eigenvalue weighted by atomic mass is 16.1. The van der Waals surface area contributed by atoms with Gasteiger partial charge in [0, 0.05) is 26.7 Å². The molecular weight excluding hydrogens is 150 g/mol. The molecule has 0 aromatic rings. The first-order valence-corrected chi connectivity index (χ1v) is 4.19. The average molecular weight is 169 g/mol. The molecule has 0 atom stereocenters. The average Bonchev–Trinajstić information content (AvgIpc) is 1.79. The van der Waals surface area contributed by atoms with Gasteiger partial charge in [-0.25, -0.2) is 0 Å². The second-order valence-electron chi connectivity index (χ2n) is 4.48. The zero-order chi connectivity index (χ0) is 9.78. The van der Waals surface area contributed by atoms with E-state index in [0.29, 0.717) is 6.42 Å². The van der Waals surface area contributed by atoms with Crippen molar-refractivity contribution in [3.63, 3.8) is 0 Å². The van der Waals surface area contributed by atoms with Crippen LogP contribution in [0.25, 0.3) is 0 Å². The summed E-state index contributed by atoms with van der Waals surface area (Å²) in [5, 5.41) is 0. The molecule has 0 saturated carbocycles. The molecule has 0 radical (unpaired) electrons. The minimum absolute atomic E-state index is 0.0910. The lowest BCUT2D eigenvalue weighted by Gasteiger charge is -2.15. The highest BCUT2D eigenvalue weighted by Gasteiger charge is 2.13. The Morgan fingerprint density at radius 1 is 1.33 bits per heavy atom. The molecule has 0 aromatic heterocycles. The number of ketones is 1. The van der Waals surface area contributed by atoms with Crippen LogP contribution in [0.1, 0.15) is 27.2 Å². The number of rotatable bonds is 3. The Morgan fingerprint density at radius 3 is 2.17 bits per heavy atom. The van der Waals surface area contributed by atoms with E-state index >= 15 is 0 Å². The molecule has 0 spiro atoms. The van der Waals surface area contributed by atoms with Gasteiger partial charge in [0.2, 0.25) is 0 Å². The fourth-order valence-electron chi connectivity index (χ4n) is 0.814. The third-order valence-electron chi connectivity index (χ3n) is 1.26. The van der Waals surface area contributed by atoms with Gasteiger partial charge in [-0.15, -0.1) is 0 Å². The topological polar surface area (TPSA) is 20.3 Å². The molecule has 2 heteroatoms. The number of nitrogens with zero attached hydrogens (tertiary/aromatic N) is 1. The van der Waals surface area contributed by atoms with Gasteiger partial charge >= 0.3 is 0 Å². The van der Waals surface area contributed by atoms with Crippen molar-refractivity contribution in [3.05, 3.63) is 12.3 Å². The maximum Gasteiger partial charge on any atom is 0.157 e. The van der Waals surface area contributed by atoms with Crippen LogP contribution in [0.5, 0.6) is 0 Å². The van der Waals surface area contributed by atoms with Crippen LogP contribution < -0.4 is 0 Å². The first-order valence-electron chi connectivity index (χ1n) is 4.19. The van der Waals surface area contributed by atoms with Gasteiger partial charge in [-0.05, 0) is 11.5 Å². The highest BCUT2D eigenvalue weighted by Crippen LogP contribution is 2.18. The Morgan fingerprint density at radius 2 is 1.83 bits per heavy atom. The van der Waals surface area contributed by atoms with Crippen LogP contribution in [0, 0.1) is 5.41 Å². The van der Waals surface area contributed by atoms with E-state index in [2.05, 4.69) is 20.8 Å². The number of hydrogen-bond acceptors (Lipinski definition) is 2. The van der Waals surface area contributed by atoms with Gasteiger partial charge < -0.3 is 4.90 Å². The van der Waals surface area contributed by atoms with Crippen LogP contribution in [0.15, 0.2) is 12.3 Å². The number of carbonyl (C=O) groups excluding carboxylic acids is 1. The summed E-state index contributed by atoms with van der Waals surface area (Å²) < 4.78 is 0. The zero-order valence-corrected chi connectivity index (χ0v) is 8.72. The molecule has 2 nitrogen and oxygen atoms in total. The van der Waals surface area contributed by atoms with E-state index in [1.165, 1.54) is 0 Å². The lowest BCUT2D eigenvalue weighted by atomic mass is 9.90. The molecule has 0 fully saturated rings. The van der Waals surface area contributed by atoms with Crippen molar-refractivity contribution >= 4 is 5.78 Å². The highest BCUT2D eigenvalue weighted by molar-refractivity contribution is 5.89. The molecule has 0 unspecified atom stereocenters. The van der Waals surface area contributed by atoms with Gasteiger partial charge in [0.15, 0.2) is 5.78 Å². The molecule has 0 aliphatic rings. The normalized spacial score (nSPS) is 12.1. The van der Waals surface area contributed by atoms with E-state index in [1.54, 1.807) is 12.3 Å². The largest absolute Gasteiger partial charge is 0.383 e. The number of hydrogen-bond donors (Lipinski definition) is 0. The molecule has 0 saturated heterocycles. The second-order valence-corrected chi connectivity index (χ2v) is 4.48. The quantitative estimate of drug-likeness (QED) is 0.603. The summed E-state index contributed by atoms with van der Waals surface area (Å²) in [6, 6.07) is 0. The van der Waals surface area contributed by atoms with Gasteiger partial charge in [-0.3, -0.25) is 4.79 Å². The van der Waals surface area contributed by atoms with Crippen LogP contribution in [0.4, 0.5) is 0 Å². The minimum atomic E-state index is 0.0910. The first-order chi connectivity index (χ1) is 5.31. The monoisotopic (exact) mass is 169 g/mol. The van der Waals surface area contributed by atoms with Crippen molar-refractivity contribution < 1.29 is 4.79 Å². The van der Waals surface area contributed by atoms with Crippen molar-refractivity contribution in [2.24, 2.45) is 5.41 Å². The Labute approximate surface area is 75.3 Å². The van der Waals surface area contributed by atoms with Crippen molar-refractivity contribution in [3.8, 4) is 0 Å². The predicted molar refractivity (Wildman–Crippen MR) is 51.9 cm³/mol. The Balaban J connectivity index is 3.91.